The highest BCUT2D eigenvalue weighted by Gasteiger charge is 2.31. The minimum Gasteiger partial charge on any atom is -0.480 e. The first-order valence-electron chi connectivity index (χ1n) is 5.93. The van der Waals surface area contributed by atoms with Crippen LogP contribution in [0.4, 0.5) is 0 Å². The molecule has 19 heavy (non-hydrogen) atoms. The van der Waals surface area contributed by atoms with E-state index in [2.05, 4.69) is 0 Å². The maximum absolute atomic E-state index is 12.1. The number of nitrogens with zero attached hydrogens (tertiary/aromatic N) is 1. The highest BCUT2D eigenvalue weighted by atomic mass is 32.2. The summed E-state index contributed by atoms with van der Waals surface area (Å²) in [7, 11) is 0. The minimum atomic E-state index is -0.930. The van der Waals surface area contributed by atoms with Crippen LogP contribution in [0.1, 0.15) is 9.75 Å². The Bertz CT molecular complexity index is 510. The lowest BCUT2D eigenvalue weighted by molar-refractivity contribution is -0.147. The number of carboxylic acids is 1. The summed E-state index contributed by atoms with van der Waals surface area (Å²) in [5.74, 6) is 0.105. The quantitative estimate of drug-likeness (QED) is 0.868. The number of aliphatic carboxylic acids is 1. The SMILES string of the molecule is Cc1ccc(/C=C/C(=O)N2CCSCC2C(=O)O)s1. The van der Waals surface area contributed by atoms with E-state index < -0.39 is 12.0 Å². The fourth-order valence-corrected chi connectivity index (χ4v) is 3.68. The van der Waals surface area contributed by atoms with Crippen molar-refractivity contribution in [2.45, 2.75) is 13.0 Å². The van der Waals surface area contributed by atoms with Gasteiger partial charge in [0.1, 0.15) is 6.04 Å². The van der Waals surface area contributed by atoms with Crippen molar-refractivity contribution in [3.63, 3.8) is 0 Å². The fraction of sp³-hybridized carbons (Fsp3) is 0.385. The molecule has 1 N–H and O–H groups in total. The van der Waals surface area contributed by atoms with Gasteiger partial charge in [-0.2, -0.15) is 11.8 Å². The van der Waals surface area contributed by atoms with E-state index in [1.165, 1.54) is 15.9 Å². The van der Waals surface area contributed by atoms with Crippen molar-refractivity contribution in [3.8, 4) is 0 Å². The van der Waals surface area contributed by atoms with Gasteiger partial charge in [0, 0.05) is 33.9 Å². The highest BCUT2D eigenvalue weighted by molar-refractivity contribution is 7.99. The predicted molar refractivity (Wildman–Crippen MR) is 78.6 cm³/mol. The van der Waals surface area contributed by atoms with Gasteiger partial charge in [-0.15, -0.1) is 11.3 Å². The summed E-state index contributed by atoms with van der Waals surface area (Å²) in [6.07, 6.45) is 3.22. The zero-order valence-corrected chi connectivity index (χ0v) is 12.2. The second-order valence-corrected chi connectivity index (χ2v) is 6.71. The zero-order valence-electron chi connectivity index (χ0n) is 10.5. The molecule has 0 saturated carbocycles. The highest BCUT2D eigenvalue weighted by Crippen LogP contribution is 2.19. The van der Waals surface area contributed by atoms with Crippen molar-refractivity contribution < 1.29 is 14.7 Å². The zero-order chi connectivity index (χ0) is 13.8. The molecule has 1 amide bonds. The minimum absolute atomic E-state index is 0.223. The molecule has 0 aromatic carbocycles. The van der Waals surface area contributed by atoms with E-state index in [9.17, 15) is 9.59 Å². The number of hydrogen-bond acceptors (Lipinski definition) is 4. The number of rotatable bonds is 3. The van der Waals surface area contributed by atoms with Crippen LogP contribution in [0.5, 0.6) is 0 Å². The Balaban J connectivity index is 2.05. The molecule has 1 aliphatic heterocycles. The van der Waals surface area contributed by atoms with Gasteiger partial charge in [0.15, 0.2) is 0 Å². The van der Waals surface area contributed by atoms with E-state index in [0.717, 1.165) is 10.6 Å². The van der Waals surface area contributed by atoms with E-state index >= 15 is 0 Å². The third-order valence-electron chi connectivity index (χ3n) is 2.85. The van der Waals surface area contributed by atoms with Crippen molar-refractivity contribution >= 4 is 41.1 Å². The average molecular weight is 297 g/mol. The summed E-state index contributed by atoms with van der Waals surface area (Å²) in [5.41, 5.74) is 0. The first-order valence-corrected chi connectivity index (χ1v) is 7.90. The van der Waals surface area contributed by atoms with E-state index in [1.54, 1.807) is 29.2 Å². The van der Waals surface area contributed by atoms with Crippen LogP contribution in [-0.2, 0) is 9.59 Å². The van der Waals surface area contributed by atoms with Crippen molar-refractivity contribution in [1.29, 1.82) is 0 Å². The van der Waals surface area contributed by atoms with Gasteiger partial charge in [-0.1, -0.05) is 0 Å². The molecule has 6 heteroatoms. The Morgan fingerprint density at radius 1 is 1.47 bits per heavy atom. The van der Waals surface area contributed by atoms with Gasteiger partial charge in [-0.05, 0) is 25.1 Å². The first-order chi connectivity index (χ1) is 9.08. The summed E-state index contributed by atoms with van der Waals surface area (Å²) in [6.45, 7) is 2.50. The molecule has 0 radical (unpaired) electrons. The topological polar surface area (TPSA) is 57.6 Å². The predicted octanol–water partition coefficient (Wildman–Crippen LogP) is 2.10. The van der Waals surface area contributed by atoms with Crippen molar-refractivity contribution in [2.75, 3.05) is 18.1 Å². The second-order valence-electron chi connectivity index (χ2n) is 4.24. The summed E-state index contributed by atoms with van der Waals surface area (Å²) in [5, 5.41) is 9.12. The Morgan fingerprint density at radius 2 is 2.26 bits per heavy atom. The smallest absolute Gasteiger partial charge is 0.327 e. The van der Waals surface area contributed by atoms with E-state index in [1.807, 2.05) is 19.1 Å². The molecule has 1 saturated heterocycles. The third-order valence-corrected chi connectivity index (χ3v) is 4.84. The summed E-state index contributed by atoms with van der Waals surface area (Å²) in [4.78, 5) is 26.8. The number of thiophene rings is 1. The van der Waals surface area contributed by atoms with Gasteiger partial charge in [-0.3, -0.25) is 4.79 Å². The number of hydrogen-bond donors (Lipinski definition) is 1. The largest absolute Gasteiger partial charge is 0.480 e. The molecule has 0 spiro atoms. The molecule has 102 valence electrons. The number of carbonyl (C=O) groups is 2. The van der Waals surface area contributed by atoms with Gasteiger partial charge < -0.3 is 10.0 Å². The molecule has 1 aromatic heterocycles. The van der Waals surface area contributed by atoms with Crippen LogP contribution in [0.25, 0.3) is 6.08 Å². The summed E-state index contributed by atoms with van der Waals surface area (Å²) >= 11 is 3.18. The molecule has 0 aliphatic carbocycles. The molecule has 1 fully saturated rings. The molecule has 1 aliphatic rings. The molecule has 0 bridgehead atoms. The van der Waals surface area contributed by atoms with E-state index in [-0.39, 0.29) is 5.91 Å². The van der Waals surface area contributed by atoms with Crippen LogP contribution >= 0.6 is 23.1 Å². The lowest BCUT2D eigenvalue weighted by atomic mass is 10.2. The lowest BCUT2D eigenvalue weighted by Gasteiger charge is -2.31. The van der Waals surface area contributed by atoms with Gasteiger partial charge in [-0.25, -0.2) is 4.79 Å². The molecule has 1 atom stereocenters. The Hall–Kier alpha value is -1.27. The molecule has 1 aromatic rings. The van der Waals surface area contributed by atoms with Crippen LogP contribution in [0.15, 0.2) is 18.2 Å². The van der Waals surface area contributed by atoms with Crippen LogP contribution in [-0.4, -0.2) is 46.0 Å². The van der Waals surface area contributed by atoms with Gasteiger partial charge in [0.25, 0.3) is 0 Å². The molecule has 4 nitrogen and oxygen atoms in total. The number of carboxylic acid groups (broad SMARTS) is 1. The van der Waals surface area contributed by atoms with E-state index in [0.29, 0.717) is 12.3 Å². The van der Waals surface area contributed by atoms with E-state index in [4.69, 9.17) is 5.11 Å². The number of amides is 1. The molecule has 2 heterocycles. The normalized spacial score (nSPS) is 19.8. The monoisotopic (exact) mass is 297 g/mol. The van der Waals surface area contributed by atoms with Crippen molar-refractivity contribution in [2.24, 2.45) is 0 Å². The third kappa shape index (κ3) is 3.61. The maximum atomic E-state index is 12.1. The molecule has 1 unspecified atom stereocenters. The van der Waals surface area contributed by atoms with Crippen molar-refractivity contribution in [1.82, 2.24) is 4.90 Å². The van der Waals surface area contributed by atoms with Crippen LogP contribution in [0, 0.1) is 6.92 Å². The van der Waals surface area contributed by atoms with Gasteiger partial charge in [0.05, 0.1) is 0 Å². The number of thioether (sulfide) groups is 1. The molecular formula is C13H15NO3S2. The van der Waals surface area contributed by atoms with Crippen LogP contribution < -0.4 is 0 Å². The Morgan fingerprint density at radius 3 is 2.89 bits per heavy atom. The Labute approximate surface area is 120 Å². The van der Waals surface area contributed by atoms with Crippen LogP contribution in [0.3, 0.4) is 0 Å². The average Bonchev–Trinajstić information content (AvgIpc) is 2.81. The number of aryl methyl sites for hydroxylation is 1. The standard InChI is InChI=1S/C13H15NO3S2/c1-9-2-3-10(19-9)4-5-12(15)14-6-7-18-8-11(14)13(16)17/h2-5,11H,6-8H2,1H3,(H,16,17)/b5-4+. The fourth-order valence-electron chi connectivity index (χ4n) is 1.86. The maximum Gasteiger partial charge on any atom is 0.327 e. The van der Waals surface area contributed by atoms with Gasteiger partial charge in [0.2, 0.25) is 5.91 Å². The first kappa shape index (κ1) is 14.1. The summed E-state index contributed by atoms with van der Waals surface area (Å²) in [6, 6.07) is 3.23. The molecule has 2 rings (SSSR count). The van der Waals surface area contributed by atoms with Gasteiger partial charge >= 0.3 is 5.97 Å². The van der Waals surface area contributed by atoms with Crippen molar-refractivity contribution in [3.05, 3.63) is 28.0 Å². The summed E-state index contributed by atoms with van der Waals surface area (Å²) < 4.78 is 0. The molecular weight excluding hydrogens is 282 g/mol. The lowest BCUT2D eigenvalue weighted by Crippen LogP contribution is -2.49. The van der Waals surface area contributed by atoms with Crippen LogP contribution in [0.2, 0.25) is 0 Å². The number of carbonyl (C=O) groups excluding carboxylic acids is 1. The second kappa shape index (κ2) is 6.25. The Kier molecular flexibility index (Phi) is 4.66.